The van der Waals surface area contributed by atoms with Gasteiger partial charge in [-0.1, -0.05) is 29.8 Å². The topological polar surface area (TPSA) is 61.4 Å². The van der Waals surface area contributed by atoms with Crippen LogP contribution in [-0.2, 0) is 6.54 Å². The molecule has 2 aromatic carbocycles. The molecule has 1 fully saturated rings. The summed E-state index contributed by atoms with van der Waals surface area (Å²) in [4.78, 5) is 26.2. The Hall–Kier alpha value is -2.60. The van der Waals surface area contributed by atoms with Gasteiger partial charge in [0.15, 0.2) is 0 Å². The largest absolute Gasteiger partial charge is 0.348 e. The van der Waals surface area contributed by atoms with Crippen LogP contribution < -0.4 is 10.6 Å². The van der Waals surface area contributed by atoms with E-state index in [9.17, 15) is 14.0 Å². The normalized spacial score (nSPS) is 16.5. The lowest BCUT2D eigenvalue weighted by Crippen LogP contribution is -2.43. The summed E-state index contributed by atoms with van der Waals surface area (Å²) in [6.45, 7) is 1.65. The van der Waals surface area contributed by atoms with Crippen molar-refractivity contribution in [2.24, 2.45) is 0 Å². The van der Waals surface area contributed by atoms with Crippen LogP contribution in [0.3, 0.4) is 0 Å². The first kappa shape index (κ1) is 20.1. The molecule has 3 amide bonds. The first-order valence-electron chi connectivity index (χ1n) is 9.26. The summed E-state index contributed by atoms with van der Waals surface area (Å²) in [5, 5.41) is 5.53. The molecule has 5 nitrogen and oxygen atoms in total. The second-order valence-corrected chi connectivity index (χ2v) is 7.30. The molecule has 1 saturated heterocycles. The number of likely N-dealkylation sites (tertiary alicyclic amines) is 1. The predicted molar refractivity (Wildman–Crippen MR) is 107 cm³/mol. The number of piperidine rings is 1. The van der Waals surface area contributed by atoms with Crippen LogP contribution in [0.1, 0.15) is 40.2 Å². The van der Waals surface area contributed by atoms with Crippen LogP contribution in [0.15, 0.2) is 42.5 Å². The van der Waals surface area contributed by atoms with Gasteiger partial charge >= 0.3 is 6.03 Å². The average Bonchev–Trinajstić information content (AvgIpc) is 2.74. The summed E-state index contributed by atoms with van der Waals surface area (Å²) >= 11 is 5.78. The molecular formula is C21H23ClFN3O2. The summed E-state index contributed by atoms with van der Waals surface area (Å²) < 4.78 is 13.2. The molecule has 1 aliphatic heterocycles. The van der Waals surface area contributed by atoms with Crippen molar-refractivity contribution in [2.75, 3.05) is 20.1 Å². The molecule has 1 aliphatic rings. The number of carbonyl (C=O) groups excluding carboxylic acids is 2. The lowest BCUT2D eigenvalue weighted by Gasteiger charge is -2.32. The van der Waals surface area contributed by atoms with Crippen molar-refractivity contribution in [1.82, 2.24) is 15.5 Å². The number of rotatable bonds is 4. The van der Waals surface area contributed by atoms with Gasteiger partial charge in [-0.3, -0.25) is 4.79 Å². The molecule has 2 N–H and O–H groups in total. The van der Waals surface area contributed by atoms with Gasteiger partial charge in [0.05, 0.1) is 5.02 Å². The third-order valence-electron chi connectivity index (χ3n) is 4.98. The fourth-order valence-corrected chi connectivity index (χ4v) is 3.66. The van der Waals surface area contributed by atoms with E-state index in [4.69, 9.17) is 11.6 Å². The highest BCUT2D eigenvalue weighted by molar-refractivity contribution is 6.30. The minimum absolute atomic E-state index is 0.0340. The number of nitrogens with one attached hydrogen (secondary N) is 2. The summed E-state index contributed by atoms with van der Waals surface area (Å²) in [6, 6.07) is 11.8. The second kappa shape index (κ2) is 9.06. The van der Waals surface area contributed by atoms with Gasteiger partial charge in [0.25, 0.3) is 5.91 Å². The highest BCUT2D eigenvalue weighted by Gasteiger charge is 2.24. The quantitative estimate of drug-likeness (QED) is 0.812. The minimum atomic E-state index is -0.484. The summed E-state index contributed by atoms with van der Waals surface area (Å²) in [7, 11) is 1.63. The number of nitrogens with zero attached hydrogens (tertiary/aromatic N) is 1. The van der Waals surface area contributed by atoms with Crippen molar-refractivity contribution in [3.05, 3.63) is 70.0 Å². The molecule has 0 saturated carbocycles. The Kier molecular flexibility index (Phi) is 6.52. The van der Waals surface area contributed by atoms with E-state index in [-0.39, 0.29) is 29.4 Å². The Morgan fingerprint density at radius 2 is 2.07 bits per heavy atom. The van der Waals surface area contributed by atoms with E-state index >= 15 is 0 Å². The molecule has 1 atom stereocenters. The van der Waals surface area contributed by atoms with E-state index in [0.717, 1.165) is 30.5 Å². The summed E-state index contributed by atoms with van der Waals surface area (Å²) in [6.07, 6.45) is 1.91. The van der Waals surface area contributed by atoms with Gasteiger partial charge in [0, 0.05) is 38.2 Å². The molecule has 148 valence electrons. The van der Waals surface area contributed by atoms with E-state index in [1.165, 1.54) is 12.1 Å². The van der Waals surface area contributed by atoms with Crippen LogP contribution in [0.2, 0.25) is 5.02 Å². The smallest absolute Gasteiger partial charge is 0.317 e. The van der Waals surface area contributed by atoms with Crippen LogP contribution in [0.4, 0.5) is 9.18 Å². The Morgan fingerprint density at radius 1 is 1.25 bits per heavy atom. The van der Waals surface area contributed by atoms with Crippen molar-refractivity contribution in [3.8, 4) is 0 Å². The Bertz CT molecular complexity index is 874. The predicted octanol–water partition coefficient (Wildman–Crippen LogP) is 3.93. The Labute approximate surface area is 168 Å². The molecule has 28 heavy (non-hydrogen) atoms. The second-order valence-electron chi connectivity index (χ2n) is 6.90. The van der Waals surface area contributed by atoms with Gasteiger partial charge in [-0.25, -0.2) is 9.18 Å². The molecule has 0 spiro atoms. The number of hydrogen-bond donors (Lipinski definition) is 2. The van der Waals surface area contributed by atoms with E-state index < -0.39 is 5.82 Å². The molecule has 1 heterocycles. The molecular weight excluding hydrogens is 381 g/mol. The molecule has 0 radical (unpaired) electrons. The van der Waals surface area contributed by atoms with Gasteiger partial charge in [-0.05, 0) is 48.2 Å². The first-order chi connectivity index (χ1) is 13.5. The van der Waals surface area contributed by atoms with Gasteiger partial charge < -0.3 is 15.5 Å². The van der Waals surface area contributed by atoms with Crippen molar-refractivity contribution in [3.63, 3.8) is 0 Å². The van der Waals surface area contributed by atoms with Crippen molar-refractivity contribution >= 4 is 23.5 Å². The van der Waals surface area contributed by atoms with Crippen molar-refractivity contribution in [1.29, 1.82) is 0 Å². The zero-order valence-electron chi connectivity index (χ0n) is 15.7. The molecule has 0 aliphatic carbocycles. The summed E-state index contributed by atoms with van der Waals surface area (Å²) in [5.74, 6) is -0.487. The third kappa shape index (κ3) is 4.81. The number of urea groups is 1. The standard InChI is InChI=1S/C21H23ClFN3O2/c1-24-21(28)26-9-3-6-17(13-26)15-4-2-5-16(11-15)20(27)25-12-14-7-8-19(23)18(22)10-14/h2,4-5,7-8,10-11,17H,3,6,9,12-13H2,1H3,(H,24,28)(H,25,27). The number of amides is 3. The van der Waals surface area contributed by atoms with Crippen LogP contribution >= 0.6 is 11.6 Å². The van der Waals surface area contributed by atoms with Gasteiger partial charge in [-0.15, -0.1) is 0 Å². The van der Waals surface area contributed by atoms with Gasteiger partial charge in [0.2, 0.25) is 0 Å². The monoisotopic (exact) mass is 403 g/mol. The van der Waals surface area contributed by atoms with E-state index in [0.29, 0.717) is 12.1 Å². The van der Waals surface area contributed by atoms with Crippen LogP contribution in [0.25, 0.3) is 0 Å². The maximum atomic E-state index is 13.2. The van der Waals surface area contributed by atoms with E-state index in [1.807, 2.05) is 18.2 Å². The minimum Gasteiger partial charge on any atom is -0.348 e. The van der Waals surface area contributed by atoms with Gasteiger partial charge in [-0.2, -0.15) is 0 Å². The number of carbonyl (C=O) groups is 2. The summed E-state index contributed by atoms with van der Waals surface area (Å²) in [5.41, 5.74) is 2.33. The molecule has 2 aromatic rings. The molecule has 0 bridgehead atoms. The highest BCUT2D eigenvalue weighted by atomic mass is 35.5. The van der Waals surface area contributed by atoms with E-state index in [1.54, 1.807) is 24.1 Å². The molecule has 1 unspecified atom stereocenters. The molecule has 3 rings (SSSR count). The maximum absolute atomic E-state index is 13.2. The third-order valence-corrected chi connectivity index (χ3v) is 5.27. The zero-order valence-corrected chi connectivity index (χ0v) is 16.4. The number of benzene rings is 2. The highest BCUT2D eigenvalue weighted by Crippen LogP contribution is 2.27. The lowest BCUT2D eigenvalue weighted by molar-refractivity contribution is 0.0950. The van der Waals surface area contributed by atoms with Gasteiger partial charge in [0.1, 0.15) is 5.82 Å². The van der Waals surface area contributed by atoms with Crippen molar-refractivity contribution in [2.45, 2.75) is 25.3 Å². The SMILES string of the molecule is CNC(=O)N1CCCC(c2cccc(C(=O)NCc3ccc(F)c(Cl)c3)c2)C1. The van der Waals surface area contributed by atoms with Crippen molar-refractivity contribution < 1.29 is 14.0 Å². The van der Waals surface area contributed by atoms with Crippen LogP contribution in [0, 0.1) is 5.82 Å². The molecule has 7 heteroatoms. The Morgan fingerprint density at radius 3 is 2.82 bits per heavy atom. The van der Waals surface area contributed by atoms with Crippen LogP contribution in [-0.4, -0.2) is 37.0 Å². The molecule has 0 aromatic heterocycles. The first-order valence-corrected chi connectivity index (χ1v) is 9.64. The average molecular weight is 404 g/mol. The fraction of sp³-hybridized carbons (Fsp3) is 0.333. The fourth-order valence-electron chi connectivity index (χ4n) is 3.46. The number of halogens is 2. The Balaban J connectivity index is 1.65. The zero-order chi connectivity index (χ0) is 20.1. The van der Waals surface area contributed by atoms with Crippen LogP contribution in [0.5, 0.6) is 0 Å². The maximum Gasteiger partial charge on any atom is 0.317 e. The lowest BCUT2D eigenvalue weighted by atomic mass is 9.89. The van der Waals surface area contributed by atoms with E-state index in [2.05, 4.69) is 10.6 Å². The number of hydrogen-bond acceptors (Lipinski definition) is 2.